The number of non-ortho nitro benzene ring substituents is 1. The average Bonchev–Trinajstić information content (AvgIpc) is 2.91. The summed E-state index contributed by atoms with van der Waals surface area (Å²) in [6.07, 6.45) is 1.01. The zero-order valence-corrected chi connectivity index (χ0v) is 10.6. The topological polar surface area (TPSA) is 110 Å². The first-order chi connectivity index (χ1) is 10.1. The number of nitro benzene ring substituents is 1. The maximum absolute atomic E-state index is 12.1. The number of benzene rings is 1. The summed E-state index contributed by atoms with van der Waals surface area (Å²) in [5.41, 5.74) is 0.961. The first kappa shape index (κ1) is 12.9. The zero-order chi connectivity index (χ0) is 14.8. The van der Waals surface area contributed by atoms with Crippen LogP contribution in [0.2, 0.25) is 0 Å². The summed E-state index contributed by atoms with van der Waals surface area (Å²) in [6.45, 7) is 0. The van der Waals surface area contributed by atoms with Crippen LogP contribution in [0.4, 0.5) is 11.5 Å². The van der Waals surface area contributed by atoms with Crippen LogP contribution in [0.3, 0.4) is 0 Å². The van der Waals surface area contributed by atoms with Crippen LogP contribution in [0.15, 0.2) is 52.8 Å². The third kappa shape index (κ3) is 2.46. The average molecular weight is 283 g/mol. The fraction of sp³-hybridized carbons (Fsp3) is 0.0769. The maximum atomic E-state index is 12.1. The van der Waals surface area contributed by atoms with Gasteiger partial charge in [0.1, 0.15) is 0 Å². The second kappa shape index (κ2) is 5.08. The molecule has 1 aromatic carbocycles. The van der Waals surface area contributed by atoms with Gasteiger partial charge in [-0.2, -0.15) is 5.11 Å². The molecular formula is C13H9N5O3. The lowest BCUT2D eigenvalue weighted by molar-refractivity contribution is -0.384. The molecule has 8 heteroatoms. The summed E-state index contributed by atoms with van der Waals surface area (Å²) in [5, 5.41) is 21.1. The monoisotopic (exact) mass is 283 g/mol. The highest BCUT2D eigenvalue weighted by Crippen LogP contribution is 2.31. The number of carbonyl (C=O) groups is 1. The van der Waals surface area contributed by atoms with Gasteiger partial charge in [0.25, 0.3) is 11.6 Å². The molecule has 0 saturated carbocycles. The molecule has 0 spiro atoms. The van der Waals surface area contributed by atoms with E-state index in [4.69, 9.17) is 0 Å². The van der Waals surface area contributed by atoms with E-state index in [2.05, 4.69) is 20.5 Å². The SMILES string of the molecule is O=C(N[C@@H]1N=Nc2ncccc21)c1ccc([N+](=O)[O-])cc1. The molecule has 1 N–H and O–H groups in total. The maximum Gasteiger partial charge on any atom is 0.269 e. The molecule has 2 heterocycles. The highest BCUT2D eigenvalue weighted by Gasteiger charge is 2.23. The van der Waals surface area contributed by atoms with Crippen molar-refractivity contribution in [2.75, 3.05) is 0 Å². The summed E-state index contributed by atoms with van der Waals surface area (Å²) in [6, 6.07) is 8.86. The Labute approximate surface area is 118 Å². The van der Waals surface area contributed by atoms with Gasteiger partial charge >= 0.3 is 0 Å². The lowest BCUT2D eigenvalue weighted by atomic mass is 10.1. The smallest absolute Gasteiger partial charge is 0.269 e. The molecule has 0 unspecified atom stereocenters. The van der Waals surface area contributed by atoms with Gasteiger partial charge in [0, 0.05) is 29.5 Å². The molecular weight excluding hydrogens is 274 g/mol. The van der Waals surface area contributed by atoms with E-state index in [0.717, 1.165) is 0 Å². The van der Waals surface area contributed by atoms with Gasteiger partial charge < -0.3 is 5.32 Å². The van der Waals surface area contributed by atoms with Gasteiger partial charge in [-0.25, -0.2) is 4.98 Å². The van der Waals surface area contributed by atoms with Gasteiger partial charge in [0.2, 0.25) is 0 Å². The zero-order valence-electron chi connectivity index (χ0n) is 10.6. The lowest BCUT2D eigenvalue weighted by Gasteiger charge is -2.10. The van der Waals surface area contributed by atoms with E-state index in [1.807, 2.05) is 0 Å². The van der Waals surface area contributed by atoms with Crippen LogP contribution in [0.25, 0.3) is 0 Å². The standard InChI is InChI=1S/C13H9N5O3/c19-13(8-3-5-9(6-4-8)18(20)21)15-12-10-2-1-7-14-11(10)16-17-12/h1-7,12H,(H,15,19)/t12-/m1/s1. The second-order valence-electron chi connectivity index (χ2n) is 4.31. The summed E-state index contributed by atoms with van der Waals surface area (Å²) in [5.74, 6) is 0.0945. The number of hydrogen-bond donors (Lipinski definition) is 1. The van der Waals surface area contributed by atoms with Crippen molar-refractivity contribution < 1.29 is 9.72 Å². The van der Waals surface area contributed by atoms with Gasteiger partial charge in [-0.3, -0.25) is 14.9 Å². The van der Waals surface area contributed by atoms with Crippen LogP contribution in [-0.2, 0) is 0 Å². The number of nitrogens with one attached hydrogen (secondary N) is 1. The fourth-order valence-corrected chi connectivity index (χ4v) is 1.93. The van der Waals surface area contributed by atoms with Gasteiger partial charge in [-0.15, -0.1) is 5.11 Å². The number of pyridine rings is 1. The van der Waals surface area contributed by atoms with Crippen molar-refractivity contribution in [3.05, 3.63) is 63.8 Å². The molecule has 8 nitrogen and oxygen atoms in total. The fourth-order valence-electron chi connectivity index (χ4n) is 1.93. The van der Waals surface area contributed by atoms with Crippen LogP contribution in [-0.4, -0.2) is 15.8 Å². The lowest BCUT2D eigenvalue weighted by Crippen LogP contribution is -2.26. The molecule has 1 aliphatic rings. The van der Waals surface area contributed by atoms with Crippen LogP contribution >= 0.6 is 0 Å². The summed E-state index contributed by atoms with van der Waals surface area (Å²) < 4.78 is 0. The number of hydrogen-bond acceptors (Lipinski definition) is 6. The van der Waals surface area contributed by atoms with E-state index in [1.165, 1.54) is 24.3 Å². The van der Waals surface area contributed by atoms with Gasteiger partial charge in [-0.1, -0.05) is 0 Å². The number of amides is 1. The number of aromatic nitrogens is 1. The number of azo groups is 1. The molecule has 0 radical (unpaired) electrons. The molecule has 1 aliphatic heterocycles. The highest BCUT2D eigenvalue weighted by atomic mass is 16.6. The Hall–Kier alpha value is -3.16. The molecule has 3 rings (SSSR count). The number of fused-ring (bicyclic) bond motifs is 1. The van der Waals surface area contributed by atoms with Crippen molar-refractivity contribution in [3.8, 4) is 0 Å². The molecule has 104 valence electrons. The first-order valence-electron chi connectivity index (χ1n) is 6.06. The van der Waals surface area contributed by atoms with Crippen molar-refractivity contribution in [1.82, 2.24) is 10.3 Å². The second-order valence-corrected chi connectivity index (χ2v) is 4.31. The normalized spacial score (nSPS) is 15.5. The van der Waals surface area contributed by atoms with Gasteiger partial charge in [0.15, 0.2) is 12.0 Å². The molecule has 1 amide bonds. The van der Waals surface area contributed by atoms with E-state index >= 15 is 0 Å². The Kier molecular flexibility index (Phi) is 3.11. The molecule has 1 aromatic heterocycles. The molecule has 0 saturated heterocycles. The van der Waals surface area contributed by atoms with Crippen molar-refractivity contribution in [2.24, 2.45) is 10.2 Å². The highest BCUT2D eigenvalue weighted by molar-refractivity contribution is 5.94. The summed E-state index contributed by atoms with van der Waals surface area (Å²) in [4.78, 5) is 26.2. The van der Waals surface area contributed by atoms with E-state index in [1.54, 1.807) is 18.3 Å². The van der Waals surface area contributed by atoms with E-state index in [0.29, 0.717) is 16.9 Å². The molecule has 0 bridgehead atoms. The largest absolute Gasteiger partial charge is 0.325 e. The Morgan fingerprint density at radius 1 is 1.24 bits per heavy atom. The first-order valence-corrected chi connectivity index (χ1v) is 6.06. The molecule has 21 heavy (non-hydrogen) atoms. The van der Waals surface area contributed by atoms with Gasteiger partial charge in [-0.05, 0) is 24.3 Å². The molecule has 1 atom stereocenters. The van der Waals surface area contributed by atoms with Crippen molar-refractivity contribution in [2.45, 2.75) is 6.17 Å². The van der Waals surface area contributed by atoms with Crippen molar-refractivity contribution in [3.63, 3.8) is 0 Å². The van der Waals surface area contributed by atoms with E-state index in [-0.39, 0.29) is 11.6 Å². The summed E-state index contributed by atoms with van der Waals surface area (Å²) in [7, 11) is 0. The number of carbonyl (C=O) groups excluding carboxylic acids is 1. The minimum atomic E-state index is -0.587. The Bertz CT molecular complexity index is 742. The van der Waals surface area contributed by atoms with Crippen molar-refractivity contribution >= 4 is 17.4 Å². The minimum absolute atomic E-state index is 0.0679. The van der Waals surface area contributed by atoms with Crippen LogP contribution in [0.5, 0.6) is 0 Å². The summed E-state index contributed by atoms with van der Waals surface area (Å²) >= 11 is 0. The number of nitrogens with zero attached hydrogens (tertiary/aromatic N) is 4. The predicted octanol–water partition coefficient (Wildman–Crippen LogP) is 2.52. The quantitative estimate of drug-likeness (QED) is 0.689. The van der Waals surface area contributed by atoms with E-state index in [9.17, 15) is 14.9 Å². The Morgan fingerprint density at radius 2 is 2.00 bits per heavy atom. The van der Waals surface area contributed by atoms with Crippen LogP contribution in [0, 0.1) is 10.1 Å². The third-order valence-electron chi connectivity index (χ3n) is 2.99. The van der Waals surface area contributed by atoms with Crippen LogP contribution in [0.1, 0.15) is 22.1 Å². The Morgan fingerprint density at radius 3 is 2.71 bits per heavy atom. The number of nitro groups is 1. The predicted molar refractivity (Wildman–Crippen MR) is 72.1 cm³/mol. The number of rotatable bonds is 3. The van der Waals surface area contributed by atoms with Crippen LogP contribution < -0.4 is 5.32 Å². The molecule has 0 aliphatic carbocycles. The third-order valence-corrected chi connectivity index (χ3v) is 2.99. The molecule has 0 fully saturated rings. The van der Waals surface area contributed by atoms with Crippen molar-refractivity contribution in [1.29, 1.82) is 0 Å². The molecule has 2 aromatic rings. The van der Waals surface area contributed by atoms with Gasteiger partial charge in [0.05, 0.1) is 4.92 Å². The van der Waals surface area contributed by atoms with E-state index < -0.39 is 11.1 Å². The Balaban J connectivity index is 1.76. The minimum Gasteiger partial charge on any atom is -0.325 e.